The van der Waals surface area contributed by atoms with E-state index in [1.54, 1.807) is 4.90 Å². The number of carbonyl (C=O) groups excluding carboxylic acids is 2. The number of nitrogens with one attached hydrogen (secondary N) is 1. The monoisotopic (exact) mass is 280 g/mol. The van der Waals surface area contributed by atoms with Crippen LogP contribution in [0.15, 0.2) is 0 Å². The van der Waals surface area contributed by atoms with Crippen LogP contribution in [0.25, 0.3) is 0 Å². The Morgan fingerprint density at radius 1 is 1.35 bits per heavy atom. The van der Waals surface area contributed by atoms with Crippen molar-refractivity contribution in [2.75, 3.05) is 13.1 Å². The first-order valence-corrected chi connectivity index (χ1v) is 8.20. The zero-order valence-electron chi connectivity index (χ0n) is 12.9. The fraction of sp³-hybridized carbons (Fsp3) is 0.875. The maximum atomic E-state index is 12.5. The van der Waals surface area contributed by atoms with Gasteiger partial charge in [-0.25, -0.2) is 0 Å². The molecule has 0 aromatic rings. The summed E-state index contributed by atoms with van der Waals surface area (Å²) in [6, 6.07) is -0.255. The summed E-state index contributed by atoms with van der Waals surface area (Å²) in [5.41, 5.74) is 0. The number of hydrogen-bond acceptors (Lipinski definition) is 2. The molecule has 0 spiro atoms. The largest absolute Gasteiger partial charge is 0.353 e. The number of hydrogen-bond donors (Lipinski definition) is 1. The van der Waals surface area contributed by atoms with Crippen molar-refractivity contribution < 1.29 is 9.59 Å². The van der Waals surface area contributed by atoms with Crippen LogP contribution in [0.3, 0.4) is 0 Å². The summed E-state index contributed by atoms with van der Waals surface area (Å²) in [5.74, 6) is 1.33. The minimum absolute atomic E-state index is 0.0115. The van der Waals surface area contributed by atoms with Crippen molar-refractivity contribution >= 4 is 11.8 Å². The van der Waals surface area contributed by atoms with Crippen LogP contribution in [0.2, 0.25) is 0 Å². The second-order valence-corrected chi connectivity index (χ2v) is 6.38. The van der Waals surface area contributed by atoms with Crippen molar-refractivity contribution in [2.45, 2.75) is 64.8 Å². The number of piperazine rings is 1. The molecule has 2 fully saturated rings. The summed E-state index contributed by atoms with van der Waals surface area (Å²) >= 11 is 0. The molecule has 0 aromatic carbocycles. The van der Waals surface area contributed by atoms with Gasteiger partial charge < -0.3 is 10.2 Å². The Labute approximate surface area is 122 Å². The van der Waals surface area contributed by atoms with Gasteiger partial charge in [0.15, 0.2) is 0 Å². The number of nitrogens with zero attached hydrogens (tertiary/aromatic N) is 1. The van der Waals surface area contributed by atoms with Crippen molar-refractivity contribution in [2.24, 2.45) is 11.8 Å². The maximum Gasteiger partial charge on any atom is 0.242 e. The molecular weight excluding hydrogens is 252 g/mol. The van der Waals surface area contributed by atoms with Crippen molar-refractivity contribution in [1.82, 2.24) is 10.2 Å². The van der Waals surface area contributed by atoms with E-state index in [0.717, 1.165) is 0 Å². The first kappa shape index (κ1) is 15.3. The van der Waals surface area contributed by atoms with Gasteiger partial charge >= 0.3 is 0 Å². The van der Waals surface area contributed by atoms with E-state index in [4.69, 9.17) is 0 Å². The minimum Gasteiger partial charge on any atom is -0.353 e. The van der Waals surface area contributed by atoms with Crippen molar-refractivity contribution in [3.05, 3.63) is 0 Å². The van der Waals surface area contributed by atoms with Crippen LogP contribution in [0, 0.1) is 11.8 Å². The highest BCUT2D eigenvalue weighted by Crippen LogP contribution is 2.32. The van der Waals surface area contributed by atoms with Gasteiger partial charge in [-0.15, -0.1) is 0 Å². The van der Waals surface area contributed by atoms with E-state index in [-0.39, 0.29) is 17.9 Å². The second-order valence-electron chi connectivity index (χ2n) is 6.38. The molecule has 2 rings (SSSR count). The van der Waals surface area contributed by atoms with Gasteiger partial charge in [0, 0.05) is 19.5 Å². The average Bonchev–Trinajstić information content (AvgIpc) is 2.47. The highest BCUT2D eigenvalue weighted by atomic mass is 16.2. The lowest BCUT2D eigenvalue weighted by atomic mass is 9.79. The summed E-state index contributed by atoms with van der Waals surface area (Å²) in [6.45, 7) is 5.44. The lowest BCUT2D eigenvalue weighted by molar-refractivity contribution is -0.144. The van der Waals surface area contributed by atoms with Crippen LogP contribution in [-0.4, -0.2) is 35.8 Å². The van der Waals surface area contributed by atoms with Gasteiger partial charge in [-0.05, 0) is 18.3 Å². The number of rotatable bonds is 4. The average molecular weight is 280 g/mol. The smallest absolute Gasteiger partial charge is 0.242 e. The normalized spacial score (nSPS) is 26.2. The van der Waals surface area contributed by atoms with Crippen LogP contribution in [0.1, 0.15) is 58.8 Å². The molecule has 0 bridgehead atoms. The van der Waals surface area contributed by atoms with Crippen molar-refractivity contribution in [3.63, 3.8) is 0 Å². The van der Waals surface area contributed by atoms with Crippen LogP contribution in [0.5, 0.6) is 0 Å². The molecule has 1 heterocycles. The molecule has 114 valence electrons. The zero-order valence-corrected chi connectivity index (χ0v) is 12.9. The van der Waals surface area contributed by atoms with Crippen molar-refractivity contribution in [3.8, 4) is 0 Å². The summed E-state index contributed by atoms with van der Waals surface area (Å²) in [6.07, 6.45) is 7.82. The van der Waals surface area contributed by atoms with E-state index < -0.39 is 0 Å². The van der Waals surface area contributed by atoms with E-state index >= 15 is 0 Å². The molecule has 0 radical (unpaired) electrons. The van der Waals surface area contributed by atoms with E-state index in [1.165, 1.54) is 32.1 Å². The molecule has 1 aliphatic carbocycles. The first-order chi connectivity index (χ1) is 9.63. The Balaban J connectivity index is 1.90. The number of carbonyl (C=O) groups is 2. The lowest BCUT2D eigenvalue weighted by Gasteiger charge is -2.36. The molecule has 0 unspecified atom stereocenters. The molecule has 2 atom stereocenters. The topological polar surface area (TPSA) is 49.4 Å². The molecule has 4 heteroatoms. The fourth-order valence-electron chi connectivity index (χ4n) is 3.68. The maximum absolute atomic E-state index is 12.5. The third-order valence-electron chi connectivity index (χ3n) is 4.99. The van der Waals surface area contributed by atoms with Gasteiger partial charge in [-0.1, -0.05) is 46.0 Å². The van der Waals surface area contributed by atoms with Gasteiger partial charge in [-0.3, -0.25) is 9.59 Å². The molecular formula is C16H28N2O2. The van der Waals surface area contributed by atoms with E-state index in [1.807, 2.05) is 6.92 Å². The second kappa shape index (κ2) is 7.09. The van der Waals surface area contributed by atoms with Gasteiger partial charge in [0.2, 0.25) is 11.8 Å². The predicted molar refractivity (Wildman–Crippen MR) is 79.2 cm³/mol. The molecule has 2 aliphatic rings. The Bertz CT molecular complexity index is 350. The number of amides is 2. The highest BCUT2D eigenvalue weighted by molar-refractivity contribution is 5.88. The fourth-order valence-corrected chi connectivity index (χ4v) is 3.68. The van der Waals surface area contributed by atoms with Gasteiger partial charge in [0.25, 0.3) is 0 Å². The molecule has 20 heavy (non-hydrogen) atoms. The van der Waals surface area contributed by atoms with E-state index in [0.29, 0.717) is 37.8 Å². The van der Waals surface area contributed by atoms with E-state index in [9.17, 15) is 9.59 Å². The summed E-state index contributed by atoms with van der Waals surface area (Å²) in [5, 5.41) is 2.85. The zero-order chi connectivity index (χ0) is 14.5. The molecule has 1 aliphatic heterocycles. The molecule has 1 saturated carbocycles. The Kier molecular flexibility index (Phi) is 5.44. The molecule has 2 amide bonds. The summed E-state index contributed by atoms with van der Waals surface area (Å²) < 4.78 is 0. The van der Waals surface area contributed by atoms with Crippen LogP contribution >= 0.6 is 0 Å². The van der Waals surface area contributed by atoms with Crippen molar-refractivity contribution in [1.29, 1.82) is 0 Å². The van der Waals surface area contributed by atoms with Crippen LogP contribution in [0.4, 0.5) is 0 Å². The lowest BCUT2D eigenvalue weighted by Crippen LogP contribution is -2.57. The molecule has 1 N–H and O–H groups in total. The van der Waals surface area contributed by atoms with Gasteiger partial charge in [0.05, 0.1) is 0 Å². The molecule has 1 saturated heterocycles. The Morgan fingerprint density at radius 3 is 2.70 bits per heavy atom. The van der Waals surface area contributed by atoms with Crippen LogP contribution in [-0.2, 0) is 9.59 Å². The highest BCUT2D eigenvalue weighted by Gasteiger charge is 2.33. The standard InChI is InChI=1S/C16H28N2O2/c1-3-14-16(20)17-9-10-18(14)15(19)11-12(2)13-7-5-4-6-8-13/h12-14H,3-11H2,1-2H3,(H,17,20)/t12-,14+/m1/s1. The van der Waals surface area contributed by atoms with E-state index in [2.05, 4.69) is 12.2 Å². The first-order valence-electron chi connectivity index (χ1n) is 8.20. The third kappa shape index (κ3) is 3.53. The summed E-state index contributed by atoms with van der Waals surface area (Å²) in [4.78, 5) is 26.1. The molecule has 4 nitrogen and oxygen atoms in total. The summed E-state index contributed by atoms with van der Waals surface area (Å²) in [7, 11) is 0. The third-order valence-corrected chi connectivity index (χ3v) is 4.99. The Hall–Kier alpha value is -1.06. The Morgan fingerprint density at radius 2 is 2.05 bits per heavy atom. The predicted octanol–water partition coefficient (Wildman–Crippen LogP) is 2.33. The van der Waals surface area contributed by atoms with Gasteiger partial charge in [0.1, 0.15) is 6.04 Å². The SMILES string of the molecule is CC[C@H]1C(=O)NCCN1C(=O)C[C@@H](C)C1CCCCC1. The minimum atomic E-state index is -0.255. The van der Waals surface area contributed by atoms with Crippen LogP contribution < -0.4 is 5.32 Å². The quantitative estimate of drug-likeness (QED) is 0.859. The van der Waals surface area contributed by atoms with Gasteiger partial charge in [-0.2, -0.15) is 0 Å². The molecule has 0 aromatic heterocycles.